The van der Waals surface area contributed by atoms with E-state index in [-0.39, 0.29) is 18.6 Å². The lowest BCUT2D eigenvalue weighted by Gasteiger charge is -2.13. The third-order valence-corrected chi connectivity index (χ3v) is 2.98. The molecule has 0 bridgehead atoms. The number of benzene rings is 1. The molecule has 1 rings (SSSR count). The summed E-state index contributed by atoms with van der Waals surface area (Å²) in [5, 5.41) is 2.56. The Balaban J connectivity index is 2.69. The molecule has 0 heterocycles. The Hall–Kier alpha value is -2.28. The number of amides is 1. The molecular weight excluding hydrogens is 266 g/mol. The fraction of sp³-hybridized carbons (Fsp3) is 0.412. The summed E-state index contributed by atoms with van der Waals surface area (Å²) in [5.74, 6) is 1.61. The maximum atomic E-state index is 12.0. The molecule has 0 aliphatic rings. The highest BCUT2D eigenvalue weighted by molar-refractivity contribution is 5.98. The van der Waals surface area contributed by atoms with Gasteiger partial charge in [0, 0.05) is 5.56 Å². The van der Waals surface area contributed by atoms with E-state index in [4.69, 9.17) is 11.2 Å². The van der Waals surface area contributed by atoms with E-state index in [1.54, 1.807) is 18.2 Å². The molecule has 1 N–H and O–H groups in total. The van der Waals surface area contributed by atoms with E-state index in [9.17, 15) is 9.59 Å². The minimum atomic E-state index is -0.412. The van der Waals surface area contributed by atoms with Crippen LogP contribution in [0, 0.1) is 12.3 Å². The van der Waals surface area contributed by atoms with Gasteiger partial charge in [-0.2, -0.15) is 0 Å². The molecule has 4 heteroatoms. The predicted molar refractivity (Wildman–Crippen MR) is 82.0 cm³/mol. The lowest BCUT2D eigenvalue weighted by molar-refractivity contribution is 0.0320. The zero-order valence-corrected chi connectivity index (χ0v) is 12.5. The number of carbonyl (C=O) groups is 2. The molecule has 21 heavy (non-hydrogen) atoms. The number of carbonyl (C=O) groups excluding carboxylic acids is 2. The summed E-state index contributed by atoms with van der Waals surface area (Å²) >= 11 is 0. The van der Waals surface area contributed by atoms with Crippen molar-refractivity contribution in [3.05, 3.63) is 35.4 Å². The number of nitrogens with one attached hydrogen (secondary N) is 1. The van der Waals surface area contributed by atoms with Crippen LogP contribution in [-0.4, -0.2) is 24.5 Å². The highest BCUT2D eigenvalue weighted by atomic mass is 16.5. The Labute approximate surface area is 125 Å². The summed E-state index contributed by atoms with van der Waals surface area (Å²) in [5.41, 5.74) is 0.757. The van der Waals surface area contributed by atoms with Gasteiger partial charge in [0.15, 0.2) is 0 Å². The zero-order chi connectivity index (χ0) is 15.7. The van der Waals surface area contributed by atoms with Crippen molar-refractivity contribution < 1.29 is 14.3 Å². The second-order valence-electron chi connectivity index (χ2n) is 4.83. The molecule has 0 fully saturated rings. The van der Waals surface area contributed by atoms with Gasteiger partial charge in [-0.15, -0.1) is 6.42 Å². The second-order valence-corrected chi connectivity index (χ2v) is 4.83. The van der Waals surface area contributed by atoms with Crippen LogP contribution in [0.15, 0.2) is 24.3 Å². The Morgan fingerprint density at radius 2 is 2.10 bits per heavy atom. The van der Waals surface area contributed by atoms with Crippen LogP contribution in [0.1, 0.15) is 53.8 Å². The highest BCUT2D eigenvalue weighted by Gasteiger charge is 2.14. The number of ether oxygens (including phenoxy) is 1. The summed E-state index contributed by atoms with van der Waals surface area (Å²) in [6.07, 6.45) is 7.88. The summed E-state index contributed by atoms with van der Waals surface area (Å²) in [7, 11) is 0. The number of hydrogen-bond acceptors (Lipinski definition) is 3. The van der Waals surface area contributed by atoms with Crippen LogP contribution in [0.25, 0.3) is 0 Å². The number of unbranched alkanes of at least 4 members (excludes halogenated alkanes) is 1. The predicted octanol–water partition coefficient (Wildman–Crippen LogP) is 2.79. The SMILES string of the molecule is C#CCNC(=O)c1cccc(C(=O)O[C@@H](C)CCCC)c1. The fourth-order valence-electron chi connectivity index (χ4n) is 1.82. The van der Waals surface area contributed by atoms with Gasteiger partial charge < -0.3 is 10.1 Å². The van der Waals surface area contributed by atoms with E-state index in [1.807, 2.05) is 6.92 Å². The topological polar surface area (TPSA) is 55.4 Å². The average molecular weight is 287 g/mol. The third-order valence-electron chi connectivity index (χ3n) is 2.98. The summed E-state index contributed by atoms with van der Waals surface area (Å²) in [4.78, 5) is 23.8. The van der Waals surface area contributed by atoms with E-state index < -0.39 is 5.97 Å². The molecule has 1 atom stereocenters. The van der Waals surface area contributed by atoms with Crippen molar-refractivity contribution in [1.29, 1.82) is 0 Å². The zero-order valence-electron chi connectivity index (χ0n) is 12.5. The molecular formula is C17H21NO3. The fourth-order valence-corrected chi connectivity index (χ4v) is 1.82. The van der Waals surface area contributed by atoms with Gasteiger partial charge in [0.05, 0.1) is 18.2 Å². The summed E-state index contributed by atoms with van der Waals surface area (Å²) in [6.45, 7) is 4.12. The second kappa shape index (κ2) is 8.80. The average Bonchev–Trinajstić information content (AvgIpc) is 2.50. The van der Waals surface area contributed by atoms with Crippen LogP contribution >= 0.6 is 0 Å². The van der Waals surface area contributed by atoms with E-state index >= 15 is 0 Å². The van der Waals surface area contributed by atoms with Crippen LogP contribution in [0.4, 0.5) is 0 Å². The van der Waals surface area contributed by atoms with Gasteiger partial charge in [0.1, 0.15) is 0 Å². The molecule has 0 aromatic heterocycles. The minimum Gasteiger partial charge on any atom is -0.459 e. The number of terminal acetylenes is 1. The molecule has 1 aromatic rings. The first-order valence-corrected chi connectivity index (χ1v) is 7.11. The van der Waals surface area contributed by atoms with Gasteiger partial charge in [0.2, 0.25) is 0 Å². The van der Waals surface area contributed by atoms with Gasteiger partial charge in [-0.1, -0.05) is 31.8 Å². The number of rotatable bonds is 7. The Morgan fingerprint density at radius 3 is 2.76 bits per heavy atom. The normalized spacial score (nSPS) is 11.3. The molecule has 0 unspecified atom stereocenters. The van der Waals surface area contributed by atoms with Gasteiger partial charge in [0.25, 0.3) is 5.91 Å². The van der Waals surface area contributed by atoms with Crippen LogP contribution in [0.2, 0.25) is 0 Å². The quantitative estimate of drug-likeness (QED) is 0.619. The van der Waals surface area contributed by atoms with E-state index in [1.165, 1.54) is 6.07 Å². The molecule has 0 aliphatic heterocycles. The molecule has 0 saturated carbocycles. The third kappa shape index (κ3) is 5.70. The van der Waals surface area contributed by atoms with Crippen LogP contribution < -0.4 is 5.32 Å². The molecule has 0 radical (unpaired) electrons. The van der Waals surface area contributed by atoms with Crippen molar-refractivity contribution >= 4 is 11.9 Å². The molecule has 1 amide bonds. The summed E-state index contributed by atoms with van der Waals surface area (Å²) < 4.78 is 5.35. The van der Waals surface area contributed by atoms with Crippen molar-refractivity contribution in [3.63, 3.8) is 0 Å². The van der Waals surface area contributed by atoms with Gasteiger partial charge in [-0.3, -0.25) is 4.79 Å². The van der Waals surface area contributed by atoms with Crippen molar-refractivity contribution in [2.24, 2.45) is 0 Å². The number of esters is 1. The molecule has 0 aliphatic carbocycles. The van der Waals surface area contributed by atoms with Crippen molar-refractivity contribution in [2.45, 2.75) is 39.2 Å². The first kappa shape index (κ1) is 16.8. The standard InChI is InChI=1S/C17H21NO3/c1-4-6-8-13(3)21-17(20)15-10-7-9-14(12-15)16(19)18-11-5-2/h2,7,9-10,12-13H,4,6,8,11H2,1,3H3,(H,18,19)/t13-/m0/s1. The Kier molecular flexibility index (Phi) is 7.03. The number of hydrogen-bond donors (Lipinski definition) is 1. The van der Waals surface area contributed by atoms with E-state index in [0.29, 0.717) is 11.1 Å². The monoisotopic (exact) mass is 287 g/mol. The lowest BCUT2D eigenvalue weighted by Crippen LogP contribution is -2.24. The lowest BCUT2D eigenvalue weighted by atomic mass is 10.1. The van der Waals surface area contributed by atoms with Crippen LogP contribution in [-0.2, 0) is 4.74 Å². The maximum absolute atomic E-state index is 12.0. The Bertz CT molecular complexity index is 531. The van der Waals surface area contributed by atoms with Crippen molar-refractivity contribution in [3.8, 4) is 12.3 Å². The van der Waals surface area contributed by atoms with Crippen LogP contribution in [0.5, 0.6) is 0 Å². The largest absolute Gasteiger partial charge is 0.459 e. The molecule has 112 valence electrons. The van der Waals surface area contributed by atoms with Gasteiger partial charge >= 0.3 is 5.97 Å². The van der Waals surface area contributed by atoms with E-state index in [0.717, 1.165) is 19.3 Å². The Morgan fingerprint density at radius 1 is 1.38 bits per heavy atom. The maximum Gasteiger partial charge on any atom is 0.338 e. The van der Waals surface area contributed by atoms with Gasteiger partial charge in [-0.05, 0) is 31.5 Å². The molecule has 1 aromatic carbocycles. The van der Waals surface area contributed by atoms with Crippen LogP contribution in [0.3, 0.4) is 0 Å². The van der Waals surface area contributed by atoms with Gasteiger partial charge in [-0.25, -0.2) is 4.79 Å². The molecule has 0 saturated heterocycles. The minimum absolute atomic E-state index is 0.128. The first-order valence-electron chi connectivity index (χ1n) is 7.11. The smallest absolute Gasteiger partial charge is 0.338 e. The van der Waals surface area contributed by atoms with Crippen molar-refractivity contribution in [1.82, 2.24) is 5.32 Å². The summed E-state index contributed by atoms with van der Waals surface area (Å²) in [6, 6.07) is 6.43. The van der Waals surface area contributed by atoms with Crippen molar-refractivity contribution in [2.75, 3.05) is 6.54 Å². The molecule has 0 spiro atoms. The first-order chi connectivity index (χ1) is 10.1. The van der Waals surface area contributed by atoms with E-state index in [2.05, 4.69) is 18.2 Å². The molecule has 4 nitrogen and oxygen atoms in total. The highest BCUT2D eigenvalue weighted by Crippen LogP contribution is 2.11.